The Morgan fingerprint density at radius 3 is 2.27 bits per heavy atom. The number of rotatable bonds is 4. The summed E-state index contributed by atoms with van der Waals surface area (Å²) in [6.07, 6.45) is 1.62. The highest BCUT2D eigenvalue weighted by Crippen LogP contribution is 2.20. The molecule has 15 heavy (non-hydrogen) atoms. The standard InChI is InChI=1S/C11H19NO3/c1-8(2)11(15)9-3-5-12(6-4-9)7-10(13)14/h8-9H,3-7H2,1-2H3,(H,13,14). The molecule has 0 aromatic rings. The van der Waals surface area contributed by atoms with Crippen molar-refractivity contribution >= 4 is 11.8 Å². The van der Waals surface area contributed by atoms with Crippen LogP contribution in [0.5, 0.6) is 0 Å². The number of carbonyl (C=O) groups excluding carboxylic acids is 1. The van der Waals surface area contributed by atoms with Gasteiger partial charge < -0.3 is 5.11 Å². The van der Waals surface area contributed by atoms with E-state index in [2.05, 4.69) is 0 Å². The molecule has 4 heteroatoms. The molecule has 0 aromatic heterocycles. The first-order chi connectivity index (χ1) is 7.00. The lowest BCUT2D eigenvalue weighted by Crippen LogP contribution is -2.39. The summed E-state index contributed by atoms with van der Waals surface area (Å²) >= 11 is 0. The molecule has 0 spiro atoms. The fraction of sp³-hybridized carbons (Fsp3) is 0.818. The van der Waals surface area contributed by atoms with Crippen molar-refractivity contribution in [1.82, 2.24) is 4.90 Å². The number of Topliss-reactive ketones (excluding diaryl/α,β-unsaturated/α-hetero) is 1. The Hall–Kier alpha value is -0.900. The second-order valence-electron chi connectivity index (χ2n) is 4.50. The number of ketones is 1. The van der Waals surface area contributed by atoms with E-state index in [1.165, 1.54) is 0 Å². The minimum atomic E-state index is -0.788. The maximum absolute atomic E-state index is 11.7. The van der Waals surface area contributed by atoms with Crippen molar-refractivity contribution in [2.75, 3.05) is 19.6 Å². The van der Waals surface area contributed by atoms with Crippen LogP contribution in [0.2, 0.25) is 0 Å². The highest BCUT2D eigenvalue weighted by Gasteiger charge is 2.26. The van der Waals surface area contributed by atoms with Crippen molar-refractivity contribution in [3.05, 3.63) is 0 Å². The van der Waals surface area contributed by atoms with E-state index >= 15 is 0 Å². The van der Waals surface area contributed by atoms with Crippen molar-refractivity contribution in [2.24, 2.45) is 11.8 Å². The van der Waals surface area contributed by atoms with Crippen molar-refractivity contribution in [1.29, 1.82) is 0 Å². The highest BCUT2D eigenvalue weighted by atomic mass is 16.4. The molecule has 0 aromatic carbocycles. The van der Waals surface area contributed by atoms with Crippen molar-refractivity contribution < 1.29 is 14.7 Å². The summed E-state index contributed by atoms with van der Waals surface area (Å²) in [5.41, 5.74) is 0. The van der Waals surface area contributed by atoms with Crippen LogP contribution in [0.3, 0.4) is 0 Å². The number of hydrogen-bond donors (Lipinski definition) is 1. The average Bonchev–Trinajstić information content (AvgIpc) is 2.17. The fourth-order valence-corrected chi connectivity index (χ4v) is 2.04. The van der Waals surface area contributed by atoms with Gasteiger partial charge in [-0.3, -0.25) is 14.5 Å². The maximum atomic E-state index is 11.7. The quantitative estimate of drug-likeness (QED) is 0.757. The molecule has 0 amide bonds. The van der Waals surface area contributed by atoms with Crippen LogP contribution in [0.25, 0.3) is 0 Å². The average molecular weight is 213 g/mol. The van der Waals surface area contributed by atoms with E-state index in [9.17, 15) is 9.59 Å². The Morgan fingerprint density at radius 1 is 1.33 bits per heavy atom. The van der Waals surface area contributed by atoms with Crippen LogP contribution >= 0.6 is 0 Å². The van der Waals surface area contributed by atoms with E-state index in [-0.39, 0.29) is 18.4 Å². The molecular weight excluding hydrogens is 194 g/mol. The van der Waals surface area contributed by atoms with Crippen LogP contribution in [0.4, 0.5) is 0 Å². The van der Waals surface area contributed by atoms with E-state index in [4.69, 9.17) is 5.11 Å². The molecule has 1 fully saturated rings. The molecule has 0 aliphatic carbocycles. The van der Waals surface area contributed by atoms with Gasteiger partial charge >= 0.3 is 5.97 Å². The third-order valence-electron chi connectivity index (χ3n) is 2.92. The van der Waals surface area contributed by atoms with Gasteiger partial charge in [0.2, 0.25) is 0 Å². The van der Waals surface area contributed by atoms with E-state index in [0.717, 1.165) is 25.9 Å². The third-order valence-corrected chi connectivity index (χ3v) is 2.92. The predicted molar refractivity (Wildman–Crippen MR) is 56.6 cm³/mol. The molecule has 0 atom stereocenters. The number of carbonyl (C=O) groups is 2. The second kappa shape index (κ2) is 5.26. The van der Waals surface area contributed by atoms with Gasteiger partial charge in [-0.2, -0.15) is 0 Å². The molecule has 4 nitrogen and oxygen atoms in total. The summed E-state index contributed by atoms with van der Waals surface area (Å²) in [4.78, 5) is 24.1. The molecule has 0 saturated carbocycles. The summed E-state index contributed by atoms with van der Waals surface area (Å²) in [6, 6.07) is 0. The van der Waals surface area contributed by atoms with E-state index < -0.39 is 5.97 Å². The minimum absolute atomic E-state index is 0.0982. The molecule has 1 N–H and O–H groups in total. The van der Waals surface area contributed by atoms with E-state index in [1.807, 2.05) is 18.7 Å². The van der Waals surface area contributed by atoms with Crippen LogP contribution in [-0.2, 0) is 9.59 Å². The monoisotopic (exact) mass is 213 g/mol. The van der Waals surface area contributed by atoms with Crippen molar-refractivity contribution in [2.45, 2.75) is 26.7 Å². The molecule has 1 aliphatic rings. The highest BCUT2D eigenvalue weighted by molar-refractivity contribution is 5.82. The molecular formula is C11H19NO3. The van der Waals surface area contributed by atoms with Crippen molar-refractivity contribution in [3.8, 4) is 0 Å². The number of carboxylic acids is 1. The van der Waals surface area contributed by atoms with Crippen molar-refractivity contribution in [3.63, 3.8) is 0 Å². The van der Waals surface area contributed by atoms with Crippen LogP contribution in [0, 0.1) is 11.8 Å². The second-order valence-corrected chi connectivity index (χ2v) is 4.50. The lowest BCUT2D eigenvalue weighted by molar-refractivity contribution is -0.138. The zero-order chi connectivity index (χ0) is 11.4. The van der Waals surface area contributed by atoms with Crippen LogP contribution in [0.1, 0.15) is 26.7 Å². The smallest absolute Gasteiger partial charge is 0.317 e. The zero-order valence-electron chi connectivity index (χ0n) is 9.40. The van der Waals surface area contributed by atoms with Gasteiger partial charge in [0.15, 0.2) is 0 Å². The number of carboxylic acid groups (broad SMARTS) is 1. The Balaban J connectivity index is 2.35. The normalized spacial score (nSPS) is 19.4. The van der Waals surface area contributed by atoms with Gasteiger partial charge in [-0.15, -0.1) is 0 Å². The van der Waals surface area contributed by atoms with Crippen LogP contribution in [0.15, 0.2) is 0 Å². The minimum Gasteiger partial charge on any atom is -0.480 e. The number of likely N-dealkylation sites (tertiary alicyclic amines) is 1. The molecule has 0 bridgehead atoms. The van der Waals surface area contributed by atoms with E-state index in [1.54, 1.807) is 0 Å². The summed E-state index contributed by atoms with van der Waals surface area (Å²) in [5.74, 6) is -0.218. The summed E-state index contributed by atoms with van der Waals surface area (Å²) in [7, 11) is 0. The van der Waals surface area contributed by atoms with Gasteiger partial charge in [-0.1, -0.05) is 13.8 Å². The number of piperidine rings is 1. The number of nitrogens with zero attached hydrogens (tertiary/aromatic N) is 1. The van der Waals surface area contributed by atoms with Gasteiger partial charge in [0.25, 0.3) is 0 Å². The number of hydrogen-bond acceptors (Lipinski definition) is 3. The Bertz CT molecular complexity index is 242. The molecule has 0 unspecified atom stereocenters. The maximum Gasteiger partial charge on any atom is 0.317 e. The summed E-state index contributed by atoms with van der Waals surface area (Å²) in [5, 5.41) is 8.62. The molecule has 1 heterocycles. The molecule has 1 saturated heterocycles. The predicted octanol–water partition coefficient (Wildman–Crippen LogP) is 1.01. The number of aliphatic carboxylic acids is 1. The molecule has 0 radical (unpaired) electrons. The summed E-state index contributed by atoms with van der Waals surface area (Å²) < 4.78 is 0. The third kappa shape index (κ3) is 3.63. The first kappa shape index (κ1) is 12.2. The summed E-state index contributed by atoms with van der Waals surface area (Å²) in [6.45, 7) is 5.41. The van der Waals surface area contributed by atoms with Gasteiger partial charge in [-0.25, -0.2) is 0 Å². The SMILES string of the molecule is CC(C)C(=O)C1CCN(CC(=O)O)CC1. The topological polar surface area (TPSA) is 57.6 Å². The van der Waals surface area contributed by atoms with E-state index in [0.29, 0.717) is 5.78 Å². The van der Waals surface area contributed by atoms with Gasteiger partial charge in [0, 0.05) is 11.8 Å². The zero-order valence-corrected chi connectivity index (χ0v) is 9.40. The Labute approximate surface area is 90.3 Å². The molecule has 1 rings (SSSR count). The molecule has 86 valence electrons. The van der Waals surface area contributed by atoms with Gasteiger partial charge in [0.05, 0.1) is 6.54 Å². The largest absolute Gasteiger partial charge is 0.480 e. The van der Waals surface area contributed by atoms with Crippen LogP contribution in [-0.4, -0.2) is 41.4 Å². The molecule has 1 aliphatic heterocycles. The lowest BCUT2D eigenvalue weighted by Gasteiger charge is -2.30. The Kier molecular flexibility index (Phi) is 4.27. The first-order valence-electron chi connectivity index (χ1n) is 5.48. The fourth-order valence-electron chi connectivity index (χ4n) is 2.04. The van der Waals surface area contributed by atoms with Crippen LogP contribution < -0.4 is 0 Å². The van der Waals surface area contributed by atoms with Gasteiger partial charge in [-0.05, 0) is 25.9 Å². The Morgan fingerprint density at radius 2 is 1.87 bits per heavy atom. The lowest BCUT2D eigenvalue weighted by atomic mass is 9.87. The van der Waals surface area contributed by atoms with Gasteiger partial charge in [0.1, 0.15) is 5.78 Å². The first-order valence-corrected chi connectivity index (χ1v) is 5.48.